The Morgan fingerprint density at radius 1 is 0.867 bits per heavy atom. The molecule has 3 aliphatic rings. The standard InChI is InChI=1S/C22H28N4O4/c27-21(16-10-19(29-25-16)14-6-7-14)23-12-18(13-4-2-1-3-5-13)24-22(28)17-11-20(30-26-17)15-8-9-15/h10-11,13-15,18H,1-9,12H2,(H,23,27)(H,24,28). The SMILES string of the molecule is O=C(NCC(NC(=O)c1cc(C2CC2)on1)C1CCCCC1)c1cc(C2CC2)on1. The first-order valence-corrected chi connectivity index (χ1v) is 11.2. The number of nitrogens with zero attached hydrogens (tertiary/aromatic N) is 2. The molecular formula is C22H28N4O4. The summed E-state index contributed by atoms with van der Waals surface area (Å²) in [6.45, 7) is 0.355. The average molecular weight is 412 g/mol. The largest absolute Gasteiger partial charge is 0.360 e. The lowest BCUT2D eigenvalue weighted by molar-refractivity contribution is 0.0873. The quantitative estimate of drug-likeness (QED) is 0.686. The van der Waals surface area contributed by atoms with Crippen molar-refractivity contribution in [2.45, 2.75) is 75.7 Å². The minimum atomic E-state index is -0.266. The minimum absolute atomic E-state index is 0.155. The van der Waals surface area contributed by atoms with Gasteiger partial charge < -0.3 is 19.7 Å². The Labute approximate surface area is 175 Å². The summed E-state index contributed by atoms with van der Waals surface area (Å²) in [6, 6.07) is 3.33. The molecule has 0 saturated heterocycles. The van der Waals surface area contributed by atoms with E-state index >= 15 is 0 Å². The summed E-state index contributed by atoms with van der Waals surface area (Å²) >= 11 is 0. The summed E-state index contributed by atoms with van der Waals surface area (Å²) in [5.41, 5.74) is 0.616. The number of amides is 2. The molecule has 0 radical (unpaired) electrons. The molecule has 160 valence electrons. The monoisotopic (exact) mass is 412 g/mol. The van der Waals surface area contributed by atoms with Crippen LogP contribution in [0.15, 0.2) is 21.2 Å². The van der Waals surface area contributed by atoms with Crippen molar-refractivity contribution < 1.29 is 18.6 Å². The number of carbonyl (C=O) groups is 2. The molecule has 3 aliphatic carbocycles. The first-order chi connectivity index (χ1) is 14.7. The number of aromatic nitrogens is 2. The fourth-order valence-electron chi connectivity index (χ4n) is 4.32. The molecule has 0 aromatic carbocycles. The molecule has 3 fully saturated rings. The lowest BCUT2D eigenvalue weighted by atomic mass is 9.83. The lowest BCUT2D eigenvalue weighted by Crippen LogP contribution is -2.48. The van der Waals surface area contributed by atoms with Crippen LogP contribution in [0.4, 0.5) is 0 Å². The van der Waals surface area contributed by atoms with Crippen LogP contribution in [0.2, 0.25) is 0 Å². The number of nitrogens with one attached hydrogen (secondary N) is 2. The Kier molecular flexibility index (Phi) is 5.31. The molecule has 3 saturated carbocycles. The van der Waals surface area contributed by atoms with Gasteiger partial charge in [0.2, 0.25) is 0 Å². The van der Waals surface area contributed by atoms with Gasteiger partial charge in [0.15, 0.2) is 11.4 Å². The zero-order chi connectivity index (χ0) is 20.5. The summed E-state index contributed by atoms with van der Waals surface area (Å²) in [6.07, 6.45) is 9.98. The molecule has 2 amide bonds. The van der Waals surface area contributed by atoms with E-state index < -0.39 is 0 Å². The second-order valence-electron chi connectivity index (χ2n) is 8.97. The molecule has 2 aromatic rings. The maximum absolute atomic E-state index is 12.8. The van der Waals surface area contributed by atoms with Gasteiger partial charge in [0, 0.05) is 36.6 Å². The Balaban J connectivity index is 1.22. The third-order valence-corrected chi connectivity index (χ3v) is 6.50. The van der Waals surface area contributed by atoms with Gasteiger partial charge in [-0.05, 0) is 44.4 Å². The van der Waals surface area contributed by atoms with Crippen molar-refractivity contribution in [1.29, 1.82) is 0 Å². The summed E-state index contributed by atoms with van der Waals surface area (Å²) < 4.78 is 10.6. The second kappa shape index (κ2) is 8.24. The molecule has 2 N–H and O–H groups in total. The average Bonchev–Trinajstić information content (AvgIpc) is 3.71. The lowest BCUT2D eigenvalue weighted by Gasteiger charge is -2.30. The van der Waals surface area contributed by atoms with E-state index in [0.717, 1.165) is 62.9 Å². The van der Waals surface area contributed by atoms with E-state index in [9.17, 15) is 9.59 Å². The van der Waals surface area contributed by atoms with Gasteiger partial charge in [-0.15, -0.1) is 0 Å². The third kappa shape index (κ3) is 4.42. The molecule has 30 heavy (non-hydrogen) atoms. The Morgan fingerprint density at radius 2 is 1.43 bits per heavy atom. The van der Waals surface area contributed by atoms with Crippen molar-refractivity contribution in [3.63, 3.8) is 0 Å². The van der Waals surface area contributed by atoms with Crippen LogP contribution in [0, 0.1) is 5.92 Å². The number of carbonyl (C=O) groups excluding carboxylic acids is 2. The van der Waals surface area contributed by atoms with Gasteiger partial charge in [-0.2, -0.15) is 0 Å². The zero-order valence-electron chi connectivity index (χ0n) is 17.1. The van der Waals surface area contributed by atoms with E-state index in [1.165, 1.54) is 6.42 Å². The van der Waals surface area contributed by atoms with Gasteiger partial charge in [0.1, 0.15) is 11.5 Å². The predicted molar refractivity (Wildman–Crippen MR) is 107 cm³/mol. The first-order valence-electron chi connectivity index (χ1n) is 11.2. The van der Waals surface area contributed by atoms with Gasteiger partial charge in [-0.25, -0.2) is 0 Å². The number of hydrogen-bond acceptors (Lipinski definition) is 6. The number of hydrogen-bond donors (Lipinski definition) is 2. The molecule has 1 atom stereocenters. The highest BCUT2D eigenvalue weighted by Crippen LogP contribution is 2.40. The number of rotatable bonds is 8. The van der Waals surface area contributed by atoms with Gasteiger partial charge in [0.05, 0.1) is 0 Å². The van der Waals surface area contributed by atoms with Gasteiger partial charge in [-0.1, -0.05) is 29.6 Å². The van der Waals surface area contributed by atoms with Crippen LogP contribution in [-0.2, 0) is 0 Å². The summed E-state index contributed by atoms with van der Waals surface area (Å²) in [5, 5.41) is 13.9. The normalized spacial score (nSPS) is 20.7. The van der Waals surface area contributed by atoms with E-state index in [-0.39, 0.29) is 17.9 Å². The fraction of sp³-hybridized carbons (Fsp3) is 0.636. The molecule has 0 aliphatic heterocycles. The molecule has 8 heteroatoms. The maximum Gasteiger partial charge on any atom is 0.273 e. The first kappa shape index (κ1) is 19.3. The molecular weight excluding hydrogens is 384 g/mol. The predicted octanol–water partition coefficient (Wildman–Crippen LogP) is 3.53. The van der Waals surface area contributed by atoms with Crippen molar-refractivity contribution >= 4 is 11.8 Å². The summed E-state index contributed by atoms with van der Waals surface area (Å²) in [7, 11) is 0. The molecule has 8 nitrogen and oxygen atoms in total. The highest BCUT2D eigenvalue weighted by atomic mass is 16.5. The maximum atomic E-state index is 12.8. The van der Waals surface area contributed by atoms with Crippen LogP contribution in [0.5, 0.6) is 0 Å². The molecule has 0 bridgehead atoms. The minimum Gasteiger partial charge on any atom is -0.360 e. The van der Waals surface area contributed by atoms with E-state index in [4.69, 9.17) is 9.05 Å². The van der Waals surface area contributed by atoms with Crippen molar-refractivity contribution in [2.75, 3.05) is 6.54 Å². The van der Waals surface area contributed by atoms with E-state index in [1.807, 2.05) is 0 Å². The van der Waals surface area contributed by atoms with Gasteiger partial charge in [-0.3, -0.25) is 9.59 Å². The second-order valence-corrected chi connectivity index (χ2v) is 8.97. The van der Waals surface area contributed by atoms with Crippen molar-refractivity contribution in [1.82, 2.24) is 20.9 Å². The molecule has 2 heterocycles. The van der Waals surface area contributed by atoms with Crippen LogP contribution >= 0.6 is 0 Å². The van der Waals surface area contributed by atoms with E-state index in [2.05, 4.69) is 20.9 Å². The van der Waals surface area contributed by atoms with Crippen LogP contribution < -0.4 is 10.6 Å². The molecule has 1 unspecified atom stereocenters. The molecule has 5 rings (SSSR count). The highest BCUT2D eigenvalue weighted by Gasteiger charge is 2.32. The van der Waals surface area contributed by atoms with Crippen molar-refractivity contribution in [3.8, 4) is 0 Å². The zero-order valence-corrected chi connectivity index (χ0v) is 17.1. The van der Waals surface area contributed by atoms with Crippen molar-refractivity contribution in [2.24, 2.45) is 5.92 Å². The van der Waals surface area contributed by atoms with E-state index in [0.29, 0.717) is 35.7 Å². The third-order valence-electron chi connectivity index (χ3n) is 6.50. The van der Waals surface area contributed by atoms with Crippen LogP contribution in [0.25, 0.3) is 0 Å². The van der Waals surface area contributed by atoms with Crippen LogP contribution in [0.3, 0.4) is 0 Å². The molecule has 0 spiro atoms. The van der Waals surface area contributed by atoms with E-state index in [1.54, 1.807) is 12.1 Å². The van der Waals surface area contributed by atoms with Crippen LogP contribution in [-0.4, -0.2) is 34.7 Å². The van der Waals surface area contributed by atoms with Gasteiger partial charge in [0.25, 0.3) is 11.8 Å². The van der Waals surface area contributed by atoms with Crippen LogP contribution in [0.1, 0.15) is 102 Å². The Hall–Kier alpha value is -2.64. The topological polar surface area (TPSA) is 110 Å². The molecule has 2 aromatic heterocycles. The smallest absolute Gasteiger partial charge is 0.273 e. The Morgan fingerprint density at radius 3 is 2.00 bits per heavy atom. The Bertz CT molecular complexity index is 906. The fourth-order valence-corrected chi connectivity index (χ4v) is 4.32. The highest BCUT2D eigenvalue weighted by molar-refractivity contribution is 5.93. The van der Waals surface area contributed by atoms with Crippen molar-refractivity contribution in [3.05, 3.63) is 35.0 Å². The van der Waals surface area contributed by atoms with Gasteiger partial charge >= 0.3 is 0 Å². The summed E-state index contributed by atoms with van der Waals surface area (Å²) in [5.74, 6) is 2.23. The summed E-state index contributed by atoms with van der Waals surface area (Å²) in [4.78, 5) is 25.3.